The number of anilines is 1. The molecule has 0 aromatic heterocycles. The summed E-state index contributed by atoms with van der Waals surface area (Å²) in [4.78, 5) is 37.4. The summed E-state index contributed by atoms with van der Waals surface area (Å²) in [6, 6.07) is 12.6. The summed E-state index contributed by atoms with van der Waals surface area (Å²) in [5.74, 6) is -0.812. The van der Waals surface area contributed by atoms with E-state index in [4.69, 9.17) is 14.2 Å². The third-order valence-corrected chi connectivity index (χ3v) is 4.68. The highest BCUT2D eigenvalue weighted by molar-refractivity contribution is 6.03. The van der Waals surface area contributed by atoms with Crippen LogP contribution < -0.4 is 10.1 Å². The third-order valence-electron chi connectivity index (χ3n) is 4.68. The van der Waals surface area contributed by atoms with Crippen LogP contribution in [0, 0.1) is 6.92 Å². The fourth-order valence-electron chi connectivity index (χ4n) is 3.16. The van der Waals surface area contributed by atoms with Crippen LogP contribution in [-0.2, 0) is 25.7 Å². The van der Waals surface area contributed by atoms with Crippen molar-refractivity contribution in [1.29, 1.82) is 0 Å². The van der Waals surface area contributed by atoms with Gasteiger partial charge in [-0.25, -0.2) is 9.59 Å². The normalized spacial score (nSPS) is 10.9. The van der Waals surface area contributed by atoms with Crippen LogP contribution in [0.3, 0.4) is 0 Å². The molecule has 0 aliphatic carbocycles. The number of aryl methyl sites for hydroxylation is 1. The van der Waals surface area contributed by atoms with Crippen LogP contribution in [0.2, 0.25) is 0 Å². The Morgan fingerprint density at radius 3 is 2.31 bits per heavy atom. The zero-order chi connectivity index (χ0) is 23.7. The van der Waals surface area contributed by atoms with Crippen molar-refractivity contribution in [1.82, 2.24) is 0 Å². The van der Waals surface area contributed by atoms with Gasteiger partial charge in [0.05, 0.1) is 39.1 Å². The summed E-state index contributed by atoms with van der Waals surface area (Å²) in [5.41, 5.74) is 2.13. The first kappa shape index (κ1) is 24.9. The SMILES string of the molecule is CCOC(=O)c1cc(OC)cc(C)c1NC(=O)C[N+](C)(C)CC(=O)OCc1ccccc1. The van der Waals surface area contributed by atoms with E-state index in [-0.39, 0.29) is 42.3 Å². The highest BCUT2D eigenvalue weighted by Crippen LogP contribution is 2.28. The molecule has 1 N–H and O–H groups in total. The number of methoxy groups -OCH3 is 1. The maximum Gasteiger partial charge on any atom is 0.362 e. The van der Waals surface area contributed by atoms with E-state index in [9.17, 15) is 14.4 Å². The van der Waals surface area contributed by atoms with Crippen LogP contribution in [-0.4, -0.2) is 63.2 Å². The van der Waals surface area contributed by atoms with Gasteiger partial charge >= 0.3 is 11.9 Å². The van der Waals surface area contributed by atoms with Crippen LogP contribution in [0.5, 0.6) is 5.75 Å². The fourth-order valence-corrected chi connectivity index (χ4v) is 3.16. The summed E-state index contributed by atoms with van der Waals surface area (Å²) in [7, 11) is 5.02. The number of nitrogens with one attached hydrogen (secondary N) is 1. The second kappa shape index (κ2) is 11.3. The summed E-state index contributed by atoms with van der Waals surface area (Å²) in [6.45, 7) is 3.89. The Morgan fingerprint density at radius 2 is 1.69 bits per heavy atom. The van der Waals surface area contributed by atoms with E-state index in [1.807, 2.05) is 30.3 Å². The number of esters is 2. The second-order valence-corrected chi connectivity index (χ2v) is 8.03. The average Bonchev–Trinajstić information content (AvgIpc) is 2.73. The number of likely N-dealkylation sites (N-methyl/N-ethyl adjacent to an activating group) is 1. The van der Waals surface area contributed by atoms with Gasteiger partial charge in [-0.3, -0.25) is 4.79 Å². The van der Waals surface area contributed by atoms with Gasteiger partial charge in [-0.1, -0.05) is 30.3 Å². The molecule has 0 heterocycles. The van der Waals surface area contributed by atoms with Crippen molar-refractivity contribution >= 4 is 23.5 Å². The number of benzene rings is 2. The van der Waals surface area contributed by atoms with Gasteiger partial charge in [0, 0.05) is 0 Å². The van der Waals surface area contributed by atoms with E-state index in [1.54, 1.807) is 34.0 Å². The quantitative estimate of drug-likeness (QED) is 0.449. The number of quaternary nitrogens is 1. The fraction of sp³-hybridized carbons (Fsp3) is 0.375. The Hall–Kier alpha value is -3.39. The summed E-state index contributed by atoms with van der Waals surface area (Å²) in [5, 5.41) is 2.79. The van der Waals surface area contributed by atoms with Crippen molar-refractivity contribution in [2.45, 2.75) is 20.5 Å². The molecule has 2 rings (SSSR count). The molecule has 2 aromatic rings. The molecule has 0 saturated carbocycles. The number of amides is 1. The minimum atomic E-state index is -0.553. The van der Waals surface area contributed by atoms with E-state index in [2.05, 4.69) is 5.32 Å². The molecule has 0 bridgehead atoms. The maximum absolute atomic E-state index is 12.8. The highest BCUT2D eigenvalue weighted by Gasteiger charge is 2.26. The molecular formula is C24H31N2O6+. The largest absolute Gasteiger partial charge is 0.497 e. The van der Waals surface area contributed by atoms with E-state index >= 15 is 0 Å². The van der Waals surface area contributed by atoms with Crippen molar-refractivity contribution in [3.05, 3.63) is 59.2 Å². The van der Waals surface area contributed by atoms with Crippen LogP contribution in [0.25, 0.3) is 0 Å². The summed E-state index contributed by atoms with van der Waals surface area (Å²) >= 11 is 0. The van der Waals surface area contributed by atoms with Gasteiger partial charge in [0.1, 0.15) is 12.4 Å². The molecule has 0 fully saturated rings. The lowest BCUT2D eigenvalue weighted by atomic mass is 10.1. The molecule has 8 nitrogen and oxygen atoms in total. The van der Waals surface area contributed by atoms with Gasteiger partial charge in [0.25, 0.3) is 5.91 Å². The molecule has 0 saturated heterocycles. The molecule has 172 valence electrons. The summed E-state index contributed by atoms with van der Waals surface area (Å²) in [6.07, 6.45) is 0. The number of ether oxygens (including phenoxy) is 3. The van der Waals surface area contributed by atoms with Crippen molar-refractivity contribution < 1.29 is 33.1 Å². The van der Waals surface area contributed by atoms with Gasteiger partial charge in [0.15, 0.2) is 13.1 Å². The first-order valence-electron chi connectivity index (χ1n) is 10.3. The lowest BCUT2D eigenvalue weighted by molar-refractivity contribution is -0.874. The Bertz CT molecular complexity index is 956. The number of hydrogen-bond donors (Lipinski definition) is 1. The number of hydrogen-bond acceptors (Lipinski definition) is 6. The standard InChI is InChI=1S/C24H30N2O6/c1-6-31-24(29)20-13-19(30-5)12-17(2)23(20)25-21(27)14-26(3,4)15-22(28)32-16-18-10-8-7-9-11-18/h7-13H,6,14-16H2,1-5H3/p+1. The van der Waals surface area contributed by atoms with E-state index in [0.717, 1.165) is 5.56 Å². The van der Waals surface area contributed by atoms with Gasteiger partial charge in [0.2, 0.25) is 0 Å². The first-order valence-corrected chi connectivity index (χ1v) is 10.3. The van der Waals surface area contributed by atoms with Gasteiger partial charge in [-0.2, -0.15) is 0 Å². The van der Waals surface area contributed by atoms with Crippen molar-refractivity contribution in [3.8, 4) is 5.75 Å². The average molecular weight is 444 g/mol. The molecule has 2 aromatic carbocycles. The monoisotopic (exact) mass is 443 g/mol. The second-order valence-electron chi connectivity index (χ2n) is 8.03. The molecule has 0 spiro atoms. The topological polar surface area (TPSA) is 90.9 Å². The molecule has 0 radical (unpaired) electrons. The molecule has 0 aliphatic heterocycles. The lowest BCUT2D eigenvalue weighted by Crippen LogP contribution is -2.49. The van der Waals surface area contributed by atoms with E-state index < -0.39 is 11.9 Å². The number of nitrogens with zero attached hydrogens (tertiary/aromatic N) is 1. The Kier molecular flexibility index (Phi) is 8.78. The predicted octanol–water partition coefficient (Wildman–Crippen LogP) is 2.94. The van der Waals surface area contributed by atoms with Gasteiger partial charge in [-0.15, -0.1) is 0 Å². The third kappa shape index (κ3) is 7.39. The molecule has 1 amide bonds. The van der Waals surface area contributed by atoms with Gasteiger partial charge < -0.3 is 24.0 Å². The van der Waals surface area contributed by atoms with Crippen LogP contribution in [0.4, 0.5) is 5.69 Å². The zero-order valence-electron chi connectivity index (χ0n) is 19.3. The number of carbonyl (C=O) groups excluding carboxylic acids is 3. The Morgan fingerprint density at radius 1 is 1.00 bits per heavy atom. The minimum absolute atomic E-state index is 0.00811. The minimum Gasteiger partial charge on any atom is -0.497 e. The molecule has 0 aliphatic rings. The smallest absolute Gasteiger partial charge is 0.362 e. The Labute approximate surface area is 188 Å². The maximum atomic E-state index is 12.8. The molecule has 0 atom stereocenters. The highest BCUT2D eigenvalue weighted by atomic mass is 16.5. The Balaban J connectivity index is 2.03. The van der Waals surface area contributed by atoms with Crippen molar-refractivity contribution in [3.63, 3.8) is 0 Å². The molecule has 32 heavy (non-hydrogen) atoms. The molecular weight excluding hydrogens is 412 g/mol. The first-order chi connectivity index (χ1) is 15.1. The van der Waals surface area contributed by atoms with Crippen LogP contribution in [0.15, 0.2) is 42.5 Å². The molecule has 0 unspecified atom stereocenters. The van der Waals surface area contributed by atoms with Crippen molar-refractivity contribution in [2.75, 3.05) is 46.2 Å². The molecule has 8 heteroatoms. The predicted molar refractivity (Wildman–Crippen MR) is 120 cm³/mol. The number of rotatable bonds is 10. The lowest BCUT2D eigenvalue weighted by Gasteiger charge is -2.28. The van der Waals surface area contributed by atoms with E-state index in [0.29, 0.717) is 17.0 Å². The number of carbonyl (C=O) groups is 3. The summed E-state index contributed by atoms with van der Waals surface area (Å²) < 4.78 is 15.8. The zero-order valence-corrected chi connectivity index (χ0v) is 19.3. The van der Waals surface area contributed by atoms with Crippen LogP contribution in [0.1, 0.15) is 28.4 Å². The van der Waals surface area contributed by atoms with E-state index in [1.165, 1.54) is 13.2 Å². The van der Waals surface area contributed by atoms with Crippen LogP contribution >= 0.6 is 0 Å². The van der Waals surface area contributed by atoms with Gasteiger partial charge in [-0.05, 0) is 37.1 Å². The van der Waals surface area contributed by atoms with Crippen molar-refractivity contribution in [2.24, 2.45) is 0 Å².